The Labute approximate surface area is 231 Å². The molecule has 1 aliphatic carbocycles. The predicted molar refractivity (Wildman–Crippen MR) is 148 cm³/mol. The van der Waals surface area contributed by atoms with E-state index >= 15 is 0 Å². The number of fused-ring (bicyclic) bond motifs is 1. The van der Waals surface area contributed by atoms with Crippen LogP contribution in [0.15, 0.2) is 67.0 Å². The molecular formula is C29H32N6O5. The number of anilines is 1. The zero-order valence-corrected chi connectivity index (χ0v) is 22.3. The van der Waals surface area contributed by atoms with Gasteiger partial charge in [0.2, 0.25) is 11.7 Å². The van der Waals surface area contributed by atoms with Gasteiger partial charge in [-0.05, 0) is 17.5 Å². The molecule has 0 aliphatic heterocycles. The Bertz CT molecular complexity index is 1440. The fourth-order valence-corrected chi connectivity index (χ4v) is 5.20. The van der Waals surface area contributed by atoms with Crippen molar-refractivity contribution in [3.8, 4) is 0 Å². The Kier molecular flexibility index (Phi) is 8.04. The molecule has 208 valence electrons. The smallest absolute Gasteiger partial charge is 0.376 e. The van der Waals surface area contributed by atoms with Crippen LogP contribution in [0.1, 0.15) is 53.5 Å². The first-order chi connectivity index (χ1) is 19.4. The molecule has 4 atom stereocenters. The van der Waals surface area contributed by atoms with Gasteiger partial charge in [0.25, 0.3) is 0 Å². The van der Waals surface area contributed by atoms with Crippen molar-refractivity contribution in [3.63, 3.8) is 0 Å². The second-order valence-electron chi connectivity index (χ2n) is 9.78. The summed E-state index contributed by atoms with van der Waals surface area (Å²) in [5, 5.41) is 27.6. The number of hydrogen-bond acceptors (Lipinski definition) is 9. The summed E-state index contributed by atoms with van der Waals surface area (Å²) in [5.74, 6) is -0.796. The second kappa shape index (κ2) is 11.8. The lowest BCUT2D eigenvalue weighted by molar-refractivity contribution is -0.122. The monoisotopic (exact) mass is 544 g/mol. The van der Waals surface area contributed by atoms with Gasteiger partial charge in [0.05, 0.1) is 25.5 Å². The zero-order chi connectivity index (χ0) is 28.2. The number of aliphatic hydroxyl groups is 2. The number of carbonyl (C=O) groups is 2. The van der Waals surface area contributed by atoms with E-state index in [0.717, 1.165) is 11.1 Å². The van der Waals surface area contributed by atoms with Gasteiger partial charge in [-0.1, -0.05) is 67.6 Å². The highest BCUT2D eigenvalue weighted by atomic mass is 16.5. The number of ether oxygens (including phenoxy) is 1. The quantitative estimate of drug-likeness (QED) is 0.233. The molecule has 0 spiro atoms. The van der Waals surface area contributed by atoms with Crippen LogP contribution >= 0.6 is 0 Å². The minimum atomic E-state index is -1.19. The van der Waals surface area contributed by atoms with Crippen LogP contribution in [0.3, 0.4) is 0 Å². The Hall–Kier alpha value is -4.35. The number of benzene rings is 2. The molecule has 0 saturated heterocycles. The Morgan fingerprint density at radius 2 is 1.68 bits per heavy atom. The van der Waals surface area contributed by atoms with E-state index in [4.69, 9.17) is 4.74 Å². The molecule has 40 heavy (non-hydrogen) atoms. The van der Waals surface area contributed by atoms with E-state index < -0.39 is 30.3 Å². The average molecular weight is 545 g/mol. The number of methoxy groups -OCH3 is 1. The van der Waals surface area contributed by atoms with Gasteiger partial charge in [0.15, 0.2) is 11.5 Å². The largest absolute Gasteiger partial charge is 0.463 e. The van der Waals surface area contributed by atoms with E-state index in [1.54, 1.807) is 11.5 Å². The van der Waals surface area contributed by atoms with Crippen LogP contribution in [-0.4, -0.2) is 73.5 Å². The first-order valence-corrected chi connectivity index (χ1v) is 13.2. The molecule has 0 bridgehead atoms. The van der Waals surface area contributed by atoms with Gasteiger partial charge in [0.1, 0.15) is 17.7 Å². The molecule has 11 nitrogen and oxygen atoms in total. The van der Waals surface area contributed by atoms with Crippen molar-refractivity contribution in [2.24, 2.45) is 0 Å². The number of rotatable bonds is 9. The minimum absolute atomic E-state index is 0.0224. The van der Waals surface area contributed by atoms with E-state index in [0.29, 0.717) is 23.5 Å². The number of esters is 1. The van der Waals surface area contributed by atoms with Crippen LogP contribution in [-0.2, 0) is 9.53 Å². The van der Waals surface area contributed by atoms with Crippen molar-refractivity contribution in [2.75, 3.05) is 19.0 Å². The Morgan fingerprint density at radius 3 is 2.27 bits per heavy atom. The van der Waals surface area contributed by atoms with Crippen LogP contribution in [0.5, 0.6) is 0 Å². The first kappa shape index (κ1) is 27.2. The van der Waals surface area contributed by atoms with Crippen LogP contribution in [0.25, 0.3) is 11.2 Å². The zero-order valence-electron chi connectivity index (χ0n) is 22.3. The van der Waals surface area contributed by atoms with E-state index in [2.05, 4.69) is 49.9 Å². The third-order valence-corrected chi connectivity index (χ3v) is 7.34. The molecule has 1 fully saturated rings. The molecule has 5 rings (SSSR count). The number of carbonyl (C=O) groups excluding carboxylic acids is 2. The summed E-state index contributed by atoms with van der Waals surface area (Å²) in [7, 11) is 1.25. The van der Waals surface area contributed by atoms with Gasteiger partial charge in [-0.15, -0.1) is 0 Å². The summed E-state index contributed by atoms with van der Waals surface area (Å²) >= 11 is 0. The fraction of sp³-hybridized carbons (Fsp3) is 0.345. The number of hydrogen-bond donors (Lipinski definition) is 4. The molecule has 0 radical (unpaired) electrons. The number of aliphatic hydroxyl groups excluding tert-OH is 2. The first-order valence-electron chi connectivity index (χ1n) is 13.2. The van der Waals surface area contributed by atoms with Gasteiger partial charge in [-0.25, -0.2) is 19.7 Å². The molecule has 2 aromatic heterocycles. The predicted octanol–water partition coefficient (Wildman–Crippen LogP) is 2.42. The van der Waals surface area contributed by atoms with Gasteiger partial charge >= 0.3 is 5.97 Å². The molecule has 2 heterocycles. The van der Waals surface area contributed by atoms with E-state index in [-0.39, 0.29) is 30.5 Å². The van der Waals surface area contributed by atoms with Crippen molar-refractivity contribution in [1.82, 2.24) is 24.8 Å². The van der Waals surface area contributed by atoms with Crippen molar-refractivity contribution in [2.45, 2.75) is 50.0 Å². The maximum atomic E-state index is 12.5. The second-order valence-corrected chi connectivity index (χ2v) is 9.78. The maximum absolute atomic E-state index is 12.5. The number of imidazole rings is 1. The third kappa shape index (κ3) is 5.38. The van der Waals surface area contributed by atoms with Crippen LogP contribution < -0.4 is 10.6 Å². The highest BCUT2D eigenvalue weighted by Gasteiger charge is 2.43. The van der Waals surface area contributed by atoms with Gasteiger partial charge in [-0.2, -0.15) is 0 Å². The normalized spacial score (nSPS) is 20.5. The molecule has 1 amide bonds. The molecule has 1 aliphatic rings. The molecule has 11 heteroatoms. The summed E-state index contributed by atoms with van der Waals surface area (Å²) in [6.45, 7) is 2.16. The van der Waals surface area contributed by atoms with Gasteiger partial charge in [-0.3, -0.25) is 4.79 Å². The SMILES string of the molecule is CCC(=O)N[C@H]1C[C@@H](n2cnc3c(NCC(c4ccccc4)c4ccccc4)nc(C(=O)OC)nc32)[C@H](O)[C@@H]1O. The molecular weight excluding hydrogens is 512 g/mol. The van der Waals surface area contributed by atoms with Crippen LogP contribution in [0, 0.1) is 0 Å². The Balaban J connectivity index is 1.50. The standard InChI is InChI=1S/C29H32N6O5/c1-3-22(36)32-20-14-21(25(38)24(20)37)35-16-31-23-26(33-27(29(39)40-2)34-28(23)35)30-15-19(17-10-6-4-7-11-17)18-12-8-5-9-13-18/h4-13,16,19-21,24-25,37-38H,3,14-15H2,1-2H3,(H,32,36)(H,30,33,34)/t20-,21+,24+,25-/m0/s1. The lowest BCUT2D eigenvalue weighted by atomic mass is 9.91. The summed E-state index contributed by atoms with van der Waals surface area (Å²) in [6.07, 6.45) is -0.343. The lowest BCUT2D eigenvalue weighted by Gasteiger charge is -2.20. The highest BCUT2D eigenvalue weighted by molar-refractivity contribution is 5.91. The molecule has 0 unspecified atom stereocenters. The maximum Gasteiger partial charge on any atom is 0.376 e. The van der Waals surface area contributed by atoms with E-state index in [9.17, 15) is 19.8 Å². The van der Waals surface area contributed by atoms with Crippen molar-refractivity contribution < 1.29 is 24.5 Å². The summed E-state index contributed by atoms with van der Waals surface area (Å²) in [4.78, 5) is 37.8. The fourth-order valence-electron chi connectivity index (χ4n) is 5.20. The van der Waals surface area contributed by atoms with Crippen molar-refractivity contribution >= 4 is 28.9 Å². The van der Waals surface area contributed by atoms with Crippen LogP contribution in [0.2, 0.25) is 0 Å². The highest BCUT2D eigenvalue weighted by Crippen LogP contribution is 2.34. The number of amides is 1. The molecule has 4 aromatic rings. The summed E-state index contributed by atoms with van der Waals surface area (Å²) in [6, 6.07) is 18.8. The van der Waals surface area contributed by atoms with E-state index in [1.807, 2.05) is 36.4 Å². The Morgan fingerprint density at radius 1 is 1.02 bits per heavy atom. The number of nitrogens with one attached hydrogen (secondary N) is 2. The average Bonchev–Trinajstić information content (AvgIpc) is 3.54. The molecule has 1 saturated carbocycles. The number of aromatic nitrogens is 4. The summed E-state index contributed by atoms with van der Waals surface area (Å²) < 4.78 is 6.52. The van der Waals surface area contributed by atoms with E-state index in [1.165, 1.54) is 13.4 Å². The molecule has 4 N–H and O–H groups in total. The lowest BCUT2D eigenvalue weighted by Crippen LogP contribution is -2.42. The van der Waals surface area contributed by atoms with Crippen LogP contribution in [0.4, 0.5) is 5.82 Å². The molecule has 2 aromatic carbocycles. The number of nitrogens with zero attached hydrogens (tertiary/aromatic N) is 4. The van der Waals surface area contributed by atoms with Crippen molar-refractivity contribution in [3.05, 3.63) is 83.9 Å². The minimum Gasteiger partial charge on any atom is -0.463 e. The van der Waals surface area contributed by atoms with Gasteiger partial charge < -0.3 is 30.2 Å². The van der Waals surface area contributed by atoms with Crippen molar-refractivity contribution in [1.29, 1.82) is 0 Å². The third-order valence-electron chi connectivity index (χ3n) is 7.34. The topological polar surface area (TPSA) is 151 Å². The van der Waals surface area contributed by atoms with Gasteiger partial charge in [0, 0.05) is 18.9 Å². The summed E-state index contributed by atoms with van der Waals surface area (Å²) in [5.41, 5.74) is 2.91.